The molecule has 140 valence electrons. The molecule has 0 spiro atoms. The van der Waals surface area contributed by atoms with Gasteiger partial charge in [-0.3, -0.25) is 9.52 Å². The molecule has 0 aliphatic carbocycles. The summed E-state index contributed by atoms with van der Waals surface area (Å²) in [4.78, 5) is 14.8. The van der Waals surface area contributed by atoms with Crippen LogP contribution in [0.4, 0.5) is 5.69 Å². The van der Waals surface area contributed by atoms with E-state index in [0.29, 0.717) is 23.4 Å². The van der Waals surface area contributed by atoms with Crippen molar-refractivity contribution in [3.05, 3.63) is 29.3 Å². The van der Waals surface area contributed by atoms with E-state index in [1.165, 1.54) is 12.8 Å². The first-order chi connectivity index (χ1) is 11.8. The minimum Gasteiger partial charge on any atom is -0.352 e. The highest BCUT2D eigenvalue weighted by Crippen LogP contribution is 2.20. The number of benzene rings is 1. The maximum Gasteiger partial charge on any atom is 0.251 e. The van der Waals surface area contributed by atoms with Crippen LogP contribution in [-0.2, 0) is 10.0 Å². The van der Waals surface area contributed by atoms with Crippen LogP contribution in [0.3, 0.4) is 0 Å². The van der Waals surface area contributed by atoms with Gasteiger partial charge in [0.1, 0.15) is 0 Å². The molecule has 2 N–H and O–H groups in total. The molecule has 2 rings (SSSR count). The Bertz CT molecular complexity index is 696. The first kappa shape index (κ1) is 19.7. The number of likely N-dealkylation sites (tertiary alicyclic amines) is 1. The van der Waals surface area contributed by atoms with E-state index >= 15 is 0 Å². The number of piperidine rings is 1. The van der Waals surface area contributed by atoms with Gasteiger partial charge in [-0.2, -0.15) is 0 Å². The lowest BCUT2D eigenvalue weighted by atomic mass is 9.99. The van der Waals surface area contributed by atoms with Crippen molar-refractivity contribution in [1.29, 1.82) is 0 Å². The van der Waals surface area contributed by atoms with Crippen LogP contribution < -0.4 is 10.0 Å². The van der Waals surface area contributed by atoms with Crippen molar-refractivity contribution in [3.8, 4) is 0 Å². The fourth-order valence-electron chi connectivity index (χ4n) is 3.08. The van der Waals surface area contributed by atoms with Crippen molar-refractivity contribution >= 4 is 21.6 Å². The molecule has 1 heterocycles. The minimum atomic E-state index is -3.37. The summed E-state index contributed by atoms with van der Waals surface area (Å²) in [5, 5.41) is 2.94. The molecule has 0 aromatic heterocycles. The second-order valence-electron chi connectivity index (χ2n) is 6.99. The zero-order chi connectivity index (χ0) is 18.4. The number of hydrogen-bond acceptors (Lipinski definition) is 4. The van der Waals surface area contributed by atoms with Gasteiger partial charge in [-0.25, -0.2) is 8.42 Å². The Morgan fingerprint density at radius 1 is 1.28 bits per heavy atom. The predicted molar refractivity (Wildman–Crippen MR) is 101 cm³/mol. The molecule has 25 heavy (non-hydrogen) atoms. The summed E-state index contributed by atoms with van der Waals surface area (Å²) in [6.07, 6.45) is 4.53. The van der Waals surface area contributed by atoms with Crippen LogP contribution >= 0.6 is 0 Å². The third-order valence-electron chi connectivity index (χ3n) is 4.69. The predicted octanol–water partition coefficient (Wildman–Crippen LogP) is 2.22. The Balaban J connectivity index is 1.83. The first-order valence-corrected chi connectivity index (χ1v) is 10.7. The molecular weight excluding hydrogens is 338 g/mol. The van der Waals surface area contributed by atoms with Crippen molar-refractivity contribution in [1.82, 2.24) is 10.2 Å². The van der Waals surface area contributed by atoms with Gasteiger partial charge in [0.15, 0.2) is 0 Å². The Kier molecular flexibility index (Phi) is 6.84. The van der Waals surface area contributed by atoms with Crippen molar-refractivity contribution in [2.75, 3.05) is 37.2 Å². The molecule has 0 atom stereocenters. The van der Waals surface area contributed by atoms with E-state index < -0.39 is 10.0 Å². The SMILES string of the molecule is Cc1c(NS(C)(=O)=O)cccc1C(=O)NCCCN1CCC(C)CC1. The van der Waals surface area contributed by atoms with Gasteiger partial charge in [0.05, 0.1) is 11.9 Å². The molecule has 1 aliphatic heterocycles. The molecule has 0 saturated carbocycles. The normalized spacial score (nSPS) is 16.6. The Morgan fingerprint density at radius 2 is 1.96 bits per heavy atom. The summed E-state index contributed by atoms with van der Waals surface area (Å²) >= 11 is 0. The van der Waals surface area contributed by atoms with Gasteiger partial charge in [0.2, 0.25) is 10.0 Å². The van der Waals surface area contributed by atoms with Crippen LogP contribution in [0.1, 0.15) is 42.1 Å². The van der Waals surface area contributed by atoms with Crippen LogP contribution in [0, 0.1) is 12.8 Å². The van der Waals surface area contributed by atoms with E-state index in [2.05, 4.69) is 21.9 Å². The van der Waals surface area contributed by atoms with Gasteiger partial charge in [-0.15, -0.1) is 0 Å². The van der Waals surface area contributed by atoms with E-state index in [0.717, 1.165) is 38.2 Å². The lowest BCUT2D eigenvalue weighted by molar-refractivity contribution is 0.0950. The van der Waals surface area contributed by atoms with Crippen molar-refractivity contribution in [2.24, 2.45) is 5.92 Å². The maximum absolute atomic E-state index is 12.4. The second kappa shape index (κ2) is 8.67. The van der Waals surface area contributed by atoms with Crippen molar-refractivity contribution in [3.63, 3.8) is 0 Å². The van der Waals surface area contributed by atoms with Gasteiger partial charge < -0.3 is 10.2 Å². The number of amides is 1. The average molecular weight is 368 g/mol. The highest BCUT2D eigenvalue weighted by Gasteiger charge is 2.16. The third-order valence-corrected chi connectivity index (χ3v) is 5.28. The van der Waals surface area contributed by atoms with Crippen molar-refractivity contribution in [2.45, 2.75) is 33.1 Å². The monoisotopic (exact) mass is 367 g/mol. The first-order valence-electron chi connectivity index (χ1n) is 8.84. The van der Waals surface area contributed by atoms with E-state index in [4.69, 9.17) is 0 Å². The molecule has 0 radical (unpaired) electrons. The fourth-order valence-corrected chi connectivity index (χ4v) is 3.70. The number of rotatable bonds is 7. The highest BCUT2D eigenvalue weighted by molar-refractivity contribution is 7.92. The zero-order valence-corrected chi connectivity index (χ0v) is 16.2. The van der Waals surface area contributed by atoms with E-state index in [1.807, 2.05) is 0 Å². The van der Waals surface area contributed by atoms with E-state index in [9.17, 15) is 13.2 Å². The standard InChI is InChI=1S/C18H29N3O3S/c1-14-8-12-21(13-9-14)11-5-10-19-18(22)16-6-4-7-17(15(16)2)20-25(3,23)24/h4,6-7,14,20H,5,8-13H2,1-3H3,(H,19,22). The number of hydrogen-bond donors (Lipinski definition) is 2. The summed E-state index contributed by atoms with van der Waals surface area (Å²) in [5.41, 5.74) is 1.58. The third kappa shape index (κ3) is 6.32. The van der Waals surface area contributed by atoms with Crippen LogP contribution in [0.25, 0.3) is 0 Å². The smallest absolute Gasteiger partial charge is 0.251 e. The summed E-state index contributed by atoms with van der Waals surface area (Å²) in [6, 6.07) is 5.05. The summed E-state index contributed by atoms with van der Waals surface area (Å²) in [7, 11) is -3.37. The number of nitrogens with zero attached hydrogens (tertiary/aromatic N) is 1. The fraction of sp³-hybridized carbons (Fsp3) is 0.611. The summed E-state index contributed by atoms with van der Waals surface area (Å²) in [6.45, 7) is 7.96. The molecule has 7 heteroatoms. The minimum absolute atomic E-state index is 0.165. The van der Waals surface area contributed by atoms with Crippen LogP contribution in [0.15, 0.2) is 18.2 Å². The van der Waals surface area contributed by atoms with Crippen LogP contribution in [-0.4, -0.2) is 51.7 Å². The Morgan fingerprint density at radius 3 is 2.60 bits per heavy atom. The molecule has 0 bridgehead atoms. The largest absolute Gasteiger partial charge is 0.352 e. The van der Waals surface area contributed by atoms with E-state index in [1.54, 1.807) is 25.1 Å². The topological polar surface area (TPSA) is 78.5 Å². The van der Waals surface area contributed by atoms with Gasteiger partial charge in [-0.1, -0.05) is 13.0 Å². The summed E-state index contributed by atoms with van der Waals surface area (Å²) < 4.78 is 25.2. The number of anilines is 1. The van der Waals surface area contributed by atoms with Crippen molar-refractivity contribution < 1.29 is 13.2 Å². The number of nitrogens with one attached hydrogen (secondary N) is 2. The lowest BCUT2D eigenvalue weighted by Gasteiger charge is -2.30. The van der Waals surface area contributed by atoms with Gasteiger partial charge in [0.25, 0.3) is 5.91 Å². The molecule has 1 saturated heterocycles. The number of carbonyl (C=O) groups excluding carboxylic acids is 1. The molecule has 1 aliphatic rings. The Hall–Kier alpha value is -1.60. The maximum atomic E-state index is 12.4. The van der Waals surface area contributed by atoms with E-state index in [-0.39, 0.29) is 5.91 Å². The number of carbonyl (C=O) groups is 1. The Labute approximate surface area is 151 Å². The lowest BCUT2D eigenvalue weighted by Crippen LogP contribution is -2.35. The van der Waals surface area contributed by atoms with Gasteiger partial charge in [0, 0.05) is 12.1 Å². The van der Waals surface area contributed by atoms with Crippen LogP contribution in [0.2, 0.25) is 0 Å². The molecule has 1 amide bonds. The second-order valence-corrected chi connectivity index (χ2v) is 8.73. The van der Waals surface area contributed by atoms with Gasteiger partial charge in [-0.05, 0) is 69.4 Å². The average Bonchev–Trinajstić information content (AvgIpc) is 2.54. The molecule has 1 aromatic rings. The summed E-state index contributed by atoms with van der Waals surface area (Å²) in [5.74, 6) is 0.661. The molecular formula is C18H29N3O3S. The molecule has 0 unspecified atom stereocenters. The number of sulfonamides is 1. The zero-order valence-electron chi connectivity index (χ0n) is 15.3. The molecule has 6 nitrogen and oxygen atoms in total. The molecule has 1 aromatic carbocycles. The van der Waals surface area contributed by atoms with Gasteiger partial charge >= 0.3 is 0 Å². The highest BCUT2D eigenvalue weighted by atomic mass is 32.2. The molecule has 1 fully saturated rings. The van der Waals surface area contributed by atoms with Crippen LogP contribution in [0.5, 0.6) is 0 Å². The quantitative estimate of drug-likeness (QED) is 0.725.